The number of rotatable bonds is 7. The van der Waals surface area contributed by atoms with Crippen molar-refractivity contribution in [1.29, 1.82) is 0 Å². The zero-order chi connectivity index (χ0) is 22.0. The maximum absolute atomic E-state index is 13.5. The molecule has 0 amide bonds. The lowest BCUT2D eigenvalue weighted by molar-refractivity contribution is -0.0498. The van der Waals surface area contributed by atoms with Crippen molar-refractivity contribution in [2.24, 2.45) is 7.05 Å². The molecule has 0 saturated heterocycles. The summed E-state index contributed by atoms with van der Waals surface area (Å²) in [4.78, 5) is 4.67. The number of alkyl halides is 2. The van der Waals surface area contributed by atoms with Crippen molar-refractivity contribution in [3.63, 3.8) is 0 Å². The molecule has 0 aliphatic rings. The number of benzene rings is 3. The van der Waals surface area contributed by atoms with Crippen LogP contribution in [0.15, 0.2) is 83.8 Å². The smallest absolute Gasteiger partial charge is 0.387 e. The molecular weight excluding hydrogens is 424 g/mol. The first-order chi connectivity index (χ1) is 14.9. The number of aryl methyl sites for hydroxylation is 1. The fourth-order valence-electron chi connectivity index (χ4n) is 3.28. The highest BCUT2D eigenvalue weighted by molar-refractivity contribution is 7.92. The minimum atomic E-state index is -3.95. The SMILES string of the molecule is Cn1c(N(Cc2ccc(OC(F)F)cc2)S(=O)(=O)c2ccccc2)nc2ccccc21. The van der Waals surface area contributed by atoms with Crippen LogP contribution in [0.25, 0.3) is 11.0 Å². The summed E-state index contributed by atoms with van der Waals surface area (Å²) in [6.07, 6.45) is 0. The van der Waals surface area contributed by atoms with E-state index in [1.807, 2.05) is 24.3 Å². The second-order valence-corrected chi connectivity index (χ2v) is 8.67. The van der Waals surface area contributed by atoms with E-state index >= 15 is 0 Å². The molecule has 0 spiro atoms. The molecule has 0 bridgehead atoms. The average molecular weight is 443 g/mol. The molecule has 9 heteroatoms. The number of sulfonamides is 1. The first kappa shape index (κ1) is 20.8. The molecule has 0 radical (unpaired) electrons. The summed E-state index contributed by atoms with van der Waals surface area (Å²) in [5.41, 5.74) is 2.04. The molecule has 160 valence electrons. The van der Waals surface area contributed by atoms with Crippen molar-refractivity contribution in [3.05, 3.63) is 84.4 Å². The predicted octanol–water partition coefficient (Wildman–Crippen LogP) is 4.57. The van der Waals surface area contributed by atoms with E-state index < -0.39 is 16.6 Å². The second-order valence-electron chi connectivity index (χ2n) is 6.81. The van der Waals surface area contributed by atoms with Gasteiger partial charge in [0.15, 0.2) is 0 Å². The van der Waals surface area contributed by atoms with Gasteiger partial charge >= 0.3 is 6.61 Å². The summed E-state index contributed by atoms with van der Waals surface area (Å²) in [6.45, 7) is -2.97. The summed E-state index contributed by atoms with van der Waals surface area (Å²) < 4.78 is 59.2. The van der Waals surface area contributed by atoms with Crippen LogP contribution in [0.3, 0.4) is 0 Å². The number of nitrogens with zero attached hydrogens (tertiary/aromatic N) is 3. The molecule has 0 aliphatic heterocycles. The number of imidazole rings is 1. The van der Waals surface area contributed by atoms with Crippen LogP contribution in [-0.4, -0.2) is 24.6 Å². The zero-order valence-electron chi connectivity index (χ0n) is 16.5. The maximum atomic E-state index is 13.5. The van der Waals surface area contributed by atoms with Crippen molar-refractivity contribution < 1.29 is 21.9 Å². The van der Waals surface area contributed by atoms with Gasteiger partial charge in [-0.15, -0.1) is 0 Å². The van der Waals surface area contributed by atoms with Crippen molar-refractivity contribution in [3.8, 4) is 5.75 Å². The highest BCUT2D eigenvalue weighted by Crippen LogP contribution is 2.28. The van der Waals surface area contributed by atoms with Gasteiger partial charge in [-0.05, 0) is 42.0 Å². The van der Waals surface area contributed by atoms with Gasteiger partial charge in [-0.25, -0.2) is 17.7 Å². The Labute approximate surface area is 178 Å². The van der Waals surface area contributed by atoms with Gasteiger partial charge in [0.2, 0.25) is 5.95 Å². The summed E-state index contributed by atoms with van der Waals surface area (Å²) in [7, 11) is -2.21. The van der Waals surface area contributed by atoms with E-state index in [1.54, 1.807) is 41.9 Å². The van der Waals surface area contributed by atoms with Crippen LogP contribution in [0.4, 0.5) is 14.7 Å². The number of ether oxygens (including phenoxy) is 1. The lowest BCUT2D eigenvalue weighted by atomic mass is 10.2. The number of hydrogen-bond donors (Lipinski definition) is 0. The number of fused-ring (bicyclic) bond motifs is 1. The molecule has 0 fully saturated rings. The van der Waals surface area contributed by atoms with Crippen molar-refractivity contribution >= 4 is 27.0 Å². The molecule has 0 aliphatic carbocycles. The standard InChI is InChI=1S/C22H19F2N3O3S/c1-26-20-10-6-5-9-19(20)25-22(26)27(31(28,29)18-7-3-2-4-8-18)15-16-11-13-17(14-12-16)30-21(23)24/h2-14,21H,15H2,1H3. The highest BCUT2D eigenvalue weighted by Gasteiger charge is 2.29. The van der Waals surface area contributed by atoms with E-state index in [0.717, 1.165) is 5.52 Å². The highest BCUT2D eigenvalue weighted by atomic mass is 32.2. The quantitative estimate of drug-likeness (QED) is 0.420. The summed E-state index contributed by atoms with van der Waals surface area (Å²) in [5.74, 6) is 0.247. The molecule has 0 unspecified atom stereocenters. The summed E-state index contributed by atoms with van der Waals surface area (Å²) in [6, 6.07) is 21.3. The van der Waals surface area contributed by atoms with Gasteiger partial charge in [0.1, 0.15) is 5.75 Å². The number of anilines is 1. The maximum Gasteiger partial charge on any atom is 0.387 e. The topological polar surface area (TPSA) is 64.4 Å². The van der Waals surface area contributed by atoms with E-state index in [1.165, 1.54) is 28.6 Å². The lowest BCUT2D eigenvalue weighted by Crippen LogP contribution is -2.32. The van der Waals surface area contributed by atoms with Gasteiger partial charge in [-0.3, -0.25) is 0 Å². The van der Waals surface area contributed by atoms with Gasteiger partial charge in [0.25, 0.3) is 10.0 Å². The van der Waals surface area contributed by atoms with Crippen molar-refractivity contribution in [2.45, 2.75) is 18.1 Å². The molecule has 1 heterocycles. The predicted molar refractivity (Wildman–Crippen MR) is 114 cm³/mol. The normalized spacial score (nSPS) is 11.7. The summed E-state index contributed by atoms with van der Waals surface area (Å²) in [5, 5.41) is 0. The van der Waals surface area contributed by atoms with E-state index in [0.29, 0.717) is 11.1 Å². The van der Waals surface area contributed by atoms with E-state index in [9.17, 15) is 17.2 Å². The van der Waals surface area contributed by atoms with Crippen LogP contribution in [-0.2, 0) is 23.6 Å². The molecule has 4 aromatic rings. The molecular formula is C22H19F2N3O3S. The third-order valence-corrected chi connectivity index (χ3v) is 6.53. The van der Waals surface area contributed by atoms with Crippen LogP contribution < -0.4 is 9.04 Å². The Bertz CT molecular complexity index is 1290. The van der Waals surface area contributed by atoms with Crippen LogP contribution >= 0.6 is 0 Å². The molecule has 0 N–H and O–H groups in total. The molecule has 1 aromatic heterocycles. The van der Waals surface area contributed by atoms with Crippen molar-refractivity contribution in [2.75, 3.05) is 4.31 Å². The second kappa shape index (κ2) is 8.35. The van der Waals surface area contributed by atoms with Gasteiger partial charge in [0, 0.05) is 7.05 Å². The largest absolute Gasteiger partial charge is 0.435 e. The Hall–Kier alpha value is -3.46. The third-order valence-electron chi connectivity index (χ3n) is 4.79. The molecule has 0 saturated carbocycles. The minimum Gasteiger partial charge on any atom is -0.435 e. The van der Waals surface area contributed by atoms with Gasteiger partial charge in [-0.1, -0.05) is 42.5 Å². The van der Waals surface area contributed by atoms with Gasteiger partial charge in [0.05, 0.1) is 22.5 Å². The molecule has 0 atom stereocenters. The minimum absolute atomic E-state index is 0.000975. The van der Waals surface area contributed by atoms with Crippen LogP contribution in [0.1, 0.15) is 5.56 Å². The molecule has 31 heavy (non-hydrogen) atoms. The lowest BCUT2D eigenvalue weighted by Gasteiger charge is -2.23. The van der Waals surface area contributed by atoms with Crippen LogP contribution in [0, 0.1) is 0 Å². The fraction of sp³-hybridized carbons (Fsp3) is 0.136. The van der Waals surface area contributed by atoms with Crippen molar-refractivity contribution in [1.82, 2.24) is 9.55 Å². The zero-order valence-corrected chi connectivity index (χ0v) is 17.3. The Balaban J connectivity index is 1.78. The van der Waals surface area contributed by atoms with Gasteiger partial charge < -0.3 is 9.30 Å². The Morgan fingerprint density at radius 1 is 0.968 bits per heavy atom. The average Bonchev–Trinajstić information content (AvgIpc) is 3.09. The molecule has 6 nitrogen and oxygen atoms in total. The molecule has 4 rings (SSSR count). The molecule has 3 aromatic carbocycles. The Morgan fingerprint density at radius 2 is 1.61 bits per heavy atom. The van der Waals surface area contributed by atoms with Crippen LogP contribution in [0.5, 0.6) is 5.75 Å². The van der Waals surface area contributed by atoms with E-state index in [2.05, 4.69) is 9.72 Å². The number of para-hydroxylation sites is 2. The fourth-order valence-corrected chi connectivity index (χ4v) is 4.73. The monoisotopic (exact) mass is 443 g/mol. The first-order valence-electron chi connectivity index (χ1n) is 9.39. The Kier molecular flexibility index (Phi) is 5.60. The van der Waals surface area contributed by atoms with Gasteiger partial charge in [-0.2, -0.15) is 8.78 Å². The number of halogens is 2. The summed E-state index contributed by atoms with van der Waals surface area (Å²) >= 11 is 0. The number of hydrogen-bond acceptors (Lipinski definition) is 4. The van der Waals surface area contributed by atoms with Crippen LogP contribution in [0.2, 0.25) is 0 Å². The third kappa shape index (κ3) is 4.22. The van der Waals surface area contributed by atoms with E-state index in [4.69, 9.17) is 0 Å². The number of aromatic nitrogens is 2. The van der Waals surface area contributed by atoms with E-state index in [-0.39, 0.29) is 23.1 Å². The Morgan fingerprint density at radius 3 is 2.26 bits per heavy atom. The first-order valence-corrected chi connectivity index (χ1v) is 10.8.